The molecule has 1 aromatic carbocycles. The minimum Gasteiger partial charge on any atom is -0.456 e. The molecule has 0 aliphatic heterocycles. The number of hydrogen-bond acceptors (Lipinski definition) is 2. The number of nitrogens with one attached hydrogen (secondary N) is 1. The van der Waals surface area contributed by atoms with Crippen LogP contribution in [0.3, 0.4) is 0 Å². The molecule has 0 aliphatic carbocycles. The lowest BCUT2D eigenvalue weighted by molar-refractivity contribution is 0.0466. The third kappa shape index (κ3) is 3.20. The highest BCUT2D eigenvalue weighted by molar-refractivity contribution is 9.10. The summed E-state index contributed by atoms with van der Waals surface area (Å²) in [7, 11) is 0. The van der Waals surface area contributed by atoms with Crippen LogP contribution in [0, 0.1) is 6.92 Å². The van der Waals surface area contributed by atoms with Gasteiger partial charge in [-0.3, -0.25) is 0 Å². The van der Waals surface area contributed by atoms with Crippen molar-refractivity contribution in [3.63, 3.8) is 0 Å². The number of esters is 1. The third-order valence-corrected chi connectivity index (χ3v) is 2.78. The van der Waals surface area contributed by atoms with Gasteiger partial charge in [0.15, 0.2) is 0 Å². The first-order valence-corrected chi connectivity index (χ1v) is 6.01. The quantitative estimate of drug-likeness (QED) is 0.881. The van der Waals surface area contributed by atoms with E-state index in [0.717, 1.165) is 15.6 Å². The molecule has 0 saturated carbocycles. The average Bonchev–Trinajstić information content (AvgIpc) is 2.73. The van der Waals surface area contributed by atoms with Crippen LogP contribution in [0.4, 0.5) is 0 Å². The van der Waals surface area contributed by atoms with Crippen LogP contribution in [0.1, 0.15) is 21.6 Å². The van der Waals surface area contributed by atoms with Gasteiger partial charge in [-0.15, -0.1) is 0 Å². The Balaban J connectivity index is 1.97. The van der Waals surface area contributed by atoms with Gasteiger partial charge in [-0.05, 0) is 34.5 Å². The van der Waals surface area contributed by atoms with Crippen LogP contribution in [0.5, 0.6) is 0 Å². The molecule has 0 aliphatic rings. The molecule has 88 valence electrons. The molecule has 1 heterocycles. The Labute approximate surface area is 108 Å². The number of aromatic nitrogens is 1. The molecule has 0 amide bonds. The van der Waals surface area contributed by atoms with E-state index in [9.17, 15) is 4.79 Å². The zero-order valence-corrected chi connectivity index (χ0v) is 11.0. The van der Waals surface area contributed by atoms with Crippen molar-refractivity contribution in [2.24, 2.45) is 0 Å². The number of hydrogen-bond donors (Lipinski definition) is 1. The minimum absolute atomic E-state index is 0.289. The number of ether oxygens (including phenoxy) is 1. The fourth-order valence-corrected chi connectivity index (χ4v) is 1.86. The third-order valence-electron chi connectivity index (χ3n) is 2.32. The van der Waals surface area contributed by atoms with E-state index >= 15 is 0 Å². The zero-order valence-electron chi connectivity index (χ0n) is 9.37. The van der Waals surface area contributed by atoms with Gasteiger partial charge in [0.05, 0.1) is 0 Å². The van der Waals surface area contributed by atoms with Crippen LogP contribution >= 0.6 is 15.9 Å². The van der Waals surface area contributed by atoms with Gasteiger partial charge in [-0.1, -0.05) is 29.8 Å². The lowest BCUT2D eigenvalue weighted by Crippen LogP contribution is -2.05. The van der Waals surface area contributed by atoms with Gasteiger partial charge < -0.3 is 9.72 Å². The minimum atomic E-state index is -0.350. The van der Waals surface area contributed by atoms with Gasteiger partial charge in [0.2, 0.25) is 0 Å². The lowest BCUT2D eigenvalue weighted by Gasteiger charge is -2.04. The second-order valence-corrected chi connectivity index (χ2v) is 4.71. The maximum absolute atomic E-state index is 11.6. The maximum Gasteiger partial charge on any atom is 0.355 e. The van der Waals surface area contributed by atoms with Crippen molar-refractivity contribution >= 4 is 21.9 Å². The molecule has 0 radical (unpaired) electrons. The summed E-state index contributed by atoms with van der Waals surface area (Å²) in [6.45, 7) is 2.30. The van der Waals surface area contributed by atoms with Gasteiger partial charge >= 0.3 is 5.97 Å². The monoisotopic (exact) mass is 293 g/mol. The van der Waals surface area contributed by atoms with E-state index in [1.165, 1.54) is 0 Å². The lowest BCUT2D eigenvalue weighted by atomic mass is 10.1. The van der Waals surface area contributed by atoms with E-state index in [1.807, 2.05) is 31.2 Å². The summed E-state index contributed by atoms with van der Waals surface area (Å²) >= 11 is 3.27. The Morgan fingerprint density at radius 2 is 2.24 bits per heavy atom. The molecule has 4 heteroatoms. The number of carbonyl (C=O) groups is 1. The second kappa shape index (κ2) is 5.19. The van der Waals surface area contributed by atoms with E-state index in [-0.39, 0.29) is 12.6 Å². The molecule has 0 bridgehead atoms. The molecular weight excluding hydrogens is 282 g/mol. The number of rotatable bonds is 3. The summed E-state index contributed by atoms with van der Waals surface area (Å²) in [6.07, 6.45) is 1.70. The van der Waals surface area contributed by atoms with Crippen LogP contribution in [0.2, 0.25) is 0 Å². The normalized spacial score (nSPS) is 10.2. The number of halogens is 1. The van der Waals surface area contributed by atoms with Crippen molar-refractivity contribution < 1.29 is 9.53 Å². The standard InChI is InChI=1S/C13H12BrNO2/c1-9-3-2-4-10(5-9)8-17-13(16)12-6-11(14)7-15-12/h2-7,15H,8H2,1H3. The van der Waals surface area contributed by atoms with E-state index in [1.54, 1.807) is 12.3 Å². The summed E-state index contributed by atoms with van der Waals surface area (Å²) in [4.78, 5) is 14.5. The summed E-state index contributed by atoms with van der Waals surface area (Å²) in [5.74, 6) is -0.350. The van der Waals surface area contributed by atoms with Gasteiger partial charge in [-0.2, -0.15) is 0 Å². The van der Waals surface area contributed by atoms with Crippen LogP contribution in [-0.2, 0) is 11.3 Å². The van der Waals surface area contributed by atoms with Crippen molar-refractivity contribution in [3.05, 3.63) is 57.8 Å². The Kier molecular flexibility index (Phi) is 3.64. The number of carbonyl (C=O) groups excluding carboxylic acids is 1. The Morgan fingerprint density at radius 3 is 2.88 bits per heavy atom. The topological polar surface area (TPSA) is 42.1 Å². The van der Waals surface area contributed by atoms with E-state index in [2.05, 4.69) is 20.9 Å². The molecule has 0 atom stereocenters. The van der Waals surface area contributed by atoms with Gasteiger partial charge in [-0.25, -0.2) is 4.79 Å². The van der Waals surface area contributed by atoms with Gasteiger partial charge in [0.25, 0.3) is 0 Å². The van der Waals surface area contributed by atoms with Crippen LogP contribution in [0.15, 0.2) is 41.0 Å². The zero-order chi connectivity index (χ0) is 12.3. The molecule has 0 saturated heterocycles. The molecule has 1 aromatic heterocycles. The fraction of sp³-hybridized carbons (Fsp3) is 0.154. The predicted octanol–water partition coefficient (Wildman–Crippen LogP) is 3.44. The van der Waals surface area contributed by atoms with Crippen molar-refractivity contribution in [2.75, 3.05) is 0 Å². The van der Waals surface area contributed by atoms with Crippen molar-refractivity contribution in [1.29, 1.82) is 0 Å². The number of benzene rings is 1. The van der Waals surface area contributed by atoms with E-state index in [4.69, 9.17) is 4.74 Å². The summed E-state index contributed by atoms with van der Waals surface area (Å²) in [5, 5.41) is 0. The highest BCUT2D eigenvalue weighted by atomic mass is 79.9. The number of H-pyrrole nitrogens is 1. The highest BCUT2D eigenvalue weighted by Gasteiger charge is 2.09. The van der Waals surface area contributed by atoms with Crippen LogP contribution < -0.4 is 0 Å². The summed E-state index contributed by atoms with van der Waals surface area (Å²) in [6, 6.07) is 9.58. The van der Waals surface area contributed by atoms with Crippen molar-refractivity contribution in [2.45, 2.75) is 13.5 Å². The molecular formula is C13H12BrNO2. The van der Waals surface area contributed by atoms with Gasteiger partial charge in [0, 0.05) is 10.7 Å². The summed E-state index contributed by atoms with van der Waals surface area (Å²) < 4.78 is 6.02. The molecule has 1 N–H and O–H groups in total. The molecule has 0 spiro atoms. The summed E-state index contributed by atoms with van der Waals surface area (Å²) in [5.41, 5.74) is 2.59. The average molecular weight is 294 g/mol. The molecule has 17 heavy (non-hydrogen) atoms. The van der Waals surface area contributed by atoms with Gasteiger partial charge in [0.1, 0.15) is 12.3 Å². The van der Waals surface area contributed by atoms with E-state index < -0.39 is 0 Å². The highest BCUT2D eigenvalue weighted by Crippen LogP contribution is 2.12. The van der Waals surface area contributed by atoms with Crippen molar-refractivity contribution in [3.8, 4) is 0 Å². The molecule has 3 nitrogen and oxygen atoms in total. The Morgan fingerprint density at radius 1 is 1.41 bits per heavy atom. The first-order chi connectivity index (χ1) is 8.15. The predicted molar refractivity (Wildman–Crippen MR) is 68.8 cm³/mol. The SMILES string of the molecule is Cc1cccc(COC(=O)c2cc(Br)c[nH]2)c1. The molecule has 2 aromatic rings. The fourth-order valence-electron chi connectivity index (χ4n) is 1.51. The van der Waals surface area contributed by atoms with Crippen molar-refractivity contribution in [1.82, 2.24) is 4.98 Å². The molecule has 0 unspecified atom stereocenters. The van der Waals surface area contributed by atoms with Crippen LogP contribution in [0.25, 0.3) is 0 Å². The second-order valence-electron chi connectivity index (χ2n) is 3.80. The number of aryl methyl sites for hydroxylation is 1. The Hall–Kier alpha value is -1.55. The Bertz CT molecular complexity index is 534. The first kappa shape index (κ1) is 11.9. The maximum atomic E-state index is 11.6. The number of aromatic amines is 1. The molecule has 2 rings (SSSR count). The van der Waals surface area contributed by atoms with Crippen LogP contribution in [-0.4, -0.2) is 11.0 Å². The largest absolute Gasteiger partial charge is 0.456 e. The first-order valence-electron chi connectivity index (χ1n) is 5.22. The smallest absolute Gasteiger partial charge is 0.355 e. The molecule has 0 fully saturated rings. The van der Waals surface area contributed by atoms with E-state index in [0.29, 0.717) is 5.69 Å².